The summed E-state index contributed by atoms with van der Waals surface area (Å²) in [6, 6.07) is 10.6. The van der Waals surface area contributed by atoms with Gasteiger partial charge in [-0.25, -0.2) is 0 Å². The van der Waals surface area contributed by atoms with Gasteiger partial charge < -0.3 is 9.55 Å². The molecule has 92 valence electrons. The minimum Gasteiger partial charge on any atom is -0.331 e. The predicted octanol–water partition coefficient (Wildman–Crippen LogP) is 5.13. The third-order valence-electron chi connectivity index (χ3n) is 3.02. The number of nitrogens with zero attached hydrogens (tertiary/aromatic N) is 1. The lowest BCUT2D eigenvalue weighted by Gasteiger charge is -2.12. The van der Waals surface area contributed by atoms with Crippen LogP contribution in [0.3, 0.4) is 0 Å². The standard InChI is InChI=1S/C13H11BrN2S2/c1-8(12-3-2-6-18-12)16-11-7-9(14)4-5-10(11)15-13(16)17/h2-8H,1H3,(H,15,17). The van der Waals surface area contributed by atoms with Crippen LogP contribution in [-0.4, -0.2) is 9.55 Å². The summed E-state index contributed by atoms with van der Waals surface area (Å²) in [6.07, 6.45) is 0. The van der Waals surface area contributed by atoms with Gasteiger partial charge in [0.1, 0.15) is 0 Å². The molecule has 1 unspecified atom stereocenters. The summed E-state index contributed by atoms with van der Waals surface area (Å²) in [4.78, 5) is 4.57. The maximum Gasteiger partial charge on any atom is 0.178 e. The Morgan fingerprint density at radius 1 is 1.39 bits per heavy atom. The van der Waals surface area contributed by atoms with Gasteiger partial charge in [-0.3, -0.25) is 0 Å². The molecule has 5 heteroatoms. The zero-order valence-electron chi connectivity index (χ0n) is 9.68. The molecule has 2 heterocycles. The molecule has 0 saturated carbocycles. The number of aromatic amines is 1. The molecule has 1 N–H and O–H groups in total. The molecule has 0 amide bonds. The first-order valence-electron chi connectivity index (χ1n) is 5.60. The number of fused-ring (bicyclic) bond motifs is 1. The summed E-state index contributed by atoms with van der Waals surface area (Å²) in [6.45, 7) is 2.18. The molecular formula is C13H11BrN2S2. The molecule has 1 atom stereocenters. The van der Waals surface area contributed by atoms with Gasteiger partial charge in [-0.1, -0.05) is 22.0 Å². The summed E-state index contributed by atoms with van der Waals surface area (Å²) >= 11 is 10.7. The lowest BCUT2D eigenvalue weighted by Crippen LogP contribution is -2.04. The Bertz CT molecular complexity index is 740. The number of aromatic nitrogens is 2. The van der Waals surface area contributed by atoms with Crippen LogP contribution in [0.1, 0.15) is 17.8 Å². The highest BCUT2D eigenvalue weighted by Gasteiger charge is 2.13. The van der Waals surface area contributed by atoms with Gasteiger partial charge in [-0.15, -0.1) is 11.3 Å². The van der Waals surface area contributed by atoms with Crippen LogP contribution in [0.5, 0.6) is 0 Å². The second-order valence-corrected chi connectivity index (χ2v) is 6.43. The van der Waals surface area contributed by atoms with E-state index in [2.05, 4.69) is 56.0 Å². The third kappa shape index (κ3) is 1.96. The normalized spacial score (nSPS) is 13.0. The van der Waals surface area contributed by atoms with Crippen molar-refractivity contribution in [2.45, 2.75) is 13.0 Å². The van der Waals surface area contributed by atoms with Crippen LogP contribution in [0.4, 0.5) is 0 Å². The number of nitrogens with one attached hydrogen (secondary N) is 1. The SMILES string of the molecule is CC(c1cccs1)n1c(=S)[nH]c2ccc(Br)cc21. The van der Waals surface area contributed by atoms with E-state index in [0.29, 0.717) is 0 Å². The maximum absolute atomic E-state index is 5.44. The summed E-state index contributed by atoms with van der Waals surface area (Å²) in [5, 5.41) is 2.10. The Balaban J connectivity index is 2.25. The lowest BCUT2D eigenvalue weighted by atomic mass is 10.2. The summed E-state index contributed by atoms with van der Waals surface area (Å²) in [5.74, 6) is 0. The van der Waals surface area contributed by atoms with E-state index in [0.717, 1.165) is 20.3 Å². The van der Waals surface area contributed by atoms with E-state index < -0.39 is 0 Å². The fourth-order valence-corrected chi connectivity index (χ4v) is 3.62. The predicted molar refractivity (Wildman–Crippen MR) is 83.0 cm³/mol. The largest absolute Gasteiger partial charge is 0.331 e. The number of H-pyrrole nitrogens is 1. The molecule has 0 aliphatic carbocycles. The Labute approximate surface area is 122 Å². The maximum atomic E-state index is 5.44. The number of benzene rings is 1. The molecule has 0 aliphatic rings. The summed E-state index contributed by atoms with van der Waals surface area (Å²) in [7, 11) is 0. The summed E-state index contributed by atoms with van der Waals surface area (Å²) in [5.41, 5.74) is 2.21. The van der Waals surface area contributed by atoms with E-state index in [9.17, 15) is 0 Å². The molecule has 0 radical (unpaired) electrons. The van der Waals surface area contributed by atoms with Crippen molar-refractivity contribution >= 4 is 50.5 Å². The van der Waals surface area contributed by atoms with E-state index in [1.54, 1.807) is 11.3 Å². The quantitative estimate of drug-likeness (QED) is 0.642. The molecule has 3 rings (SSSR count). The first kappa shape index (κ1) is 12.1. The molecular weight excluding hydrogens is 328 g/mol. The Hall–Kier alpha value is -0.910. The van der Waals surface area contributed by atoms with E-state index >= 15 is 0 Å². The van der Waals surface area contributed by atoms with Gasteiger partial charge in [0, 0.05) is 9.35 Å². The third-order valence-corrected chi connectivity index (χ3v) is 4.86. The Morgan fingerprint density at radius 3 is 2.94 bits per heavy atom. The molecule has 3 aromatic rings. The van der Waals surface area contributed by atoms with Crippen LogP contribution in [0.25, 0.3) is 11.0 Å². The van der Waals surface area contributed by atoms with Gasteiger partial charge in [-0.05, 0) is 48.8 Å². The number of rotatable bonds is 2. The van der Waals surface area contributed by atoms with Crippen LogP contribution < -0.4 is 0 Å². The molecule has 1 aromatic carbocycles. The minimum absolute atomic E-state index is 0.251. The van der Waals surface area contributed by atoms with Crippen molar-refractivity contribution in [1.29, 1.82) is 0 Å². The average molecular weight is 339 g/mol. The van der Waals surface area contributed by atoms with Crippen molar-refractivity contribution in [1.82, 2.24) is 9.55 Å². The average Bonchev–Trinajstić information content (AvgIpc) is 2.94. The van der Waals surface area contributed by atoms with Crippen LogP contribution in [0.15, 0.2) is 40.2 Å². The number of thiophene rings is 1. The van der Waals surface area contributed by atoms with Crippen molar-refractivity contribution in [3.63, 3.8) is 0 Å². The molecule has 0 fully saturated rings. The van der Waals surface area contributed by atoms with Gasteiger partial charge in [0.15, 0.2) is 4.77 Å². The van der Waals surface area contributed by atoms with Gasteiger partial charge in [0.05, 0.1) is 17.1 Å². The second kappa shape index (κ2) is 4.64. The van der Waals surface area contributed by atoms with Gasteiger partial charge >= 0.3 is 0 Å². The Morgan fingerprint density at radius 2 is 2.22 bits per heavy atom. The number of halogens is 1. The van der Waals surface area contributed by atoms with E-state index in [-0.39, 0.29) is 6.04 Å². The first-order chi connectivity index (χ1) is 8.66. The number of hydrogen-bond acceptors (Lipinski definition) is 2. The topological polar surface area (TPSA) is 20.7 Å². The van der Waals surface area contributed by atoms with Crippen molar-refractivity contribution in [3.05, 3.63) is 49.8 Å². The van der Waals surface area contributed by atoms with Crippen LogP contribution in [-0.2, 0) is 0 Å². The molecule has 0 bridgehead atoms. The van der Waals surface area contributed by atoms with E-state index in [1.807, 2.05) is 12.1 Å². The number of imidazole rings is 1. The molecule has 0 aliphatic heterocycles. The monoisotopic (exact) mass is 338 g/mol. The number of hydrogen-bond donors (Lipinski definition) is 1. The van der Waals surface area contributed by atoms with Crippen LogP contribution in [0, 0.1) is 4.77 Å². The second-order valence-electron chi connectivity index (χ2n) is 4.15. The van der Waals surface area contributed by atoms with Crippen molar-refractivity contribution in [2.75, 3.05) is 0 Å². The fourth-order valence-electron chi connectivity index (χ4n) is 2.14. The highest BCUT2D eigenvalue weighted by Crippen LogP contribution is 2.28. The molecule has 18 heavy (non-hydrogen) atoms. The van der Waals surface area contributed by atoms with Gasteiger partial charge in [0.25, 0.3) is 0 Å². The zero-order valence-corrected chi connectivity index (χ0v) is 12.9. The smallest absolute Gasteiger partial charge is 0.178 e. The highest BCUT2D eigenvalue weighted by atomic mass is 79.9. The molecule has 2 aromatic heterocycles. The lowest BCUT2D eigenvalue weighted by molar-refractivity contribution is 0.660. The first-order valence-corrected chi connectivity index (χ1v) is 7.68. The van der Waals surface area contributed by atoms with Crippen molar-refractivity contribution in [2.24, 2.45) is 0 Å². The van der Waals surface area contributed by atoms with Crippen LogP contribution in [0.2, 0.25) is 0 Å². The minimum atomic E-state index is 0.251. The van der Waals surface area contributed by atoms with Gasteiger partial charge in [-0.2, -0.15) is 0 Å². The van der Waals surface area contributed by atoms with E-state index in [4.69, 9.17) is 12.2 Å². The summed E-state index contributed by atoms with van der Waals surface area (Å²) < 4.78 is 4.00. The zero-order chi connectivity index (χ0) is 12.7. The van der Waals surface area contributed by atoms with Gasteiger partial charge in [0.2, 0.25) is 0 Å². The highest BCUT2D eigenvalue weighted by molar-refractivity contribution is 9.10. The Kier molecular flexibility index (Phi) is 3.13. The van der Waals surface area contributed by atoms with Crippen molar-refractivity contribution in [3.8, 4) is 0 Å². The fraction of sp³-hybridized carbons (Fsp3) is 0.154. The van der Waals surface area contributed by atoms with E-state index in [1.165, 1.54) is 4.88 Å². The molecule has 0 spiro atoms. The molecule has 0 saturated heterocycles. The van der Waals surface area contributed by atoms with Crippen LogP contribution >= 0.6 is 39.5 Å². The van der Waals surface area contributed by atoms with Crippen molar-refractivity contribution < 1.29 is 0 Å². The molecule has 2 nitrogen and oxygen atoms in total.